The molecule has 4 heteroatoms. The summed E-state index contributed by atoms with van der Waals surface area (Å²) in [6, 6.07) is 4.19. The Bertz CT molecular complexity index is 364. The monoisotopic (exact) mass is 252 g/mol. The van der Waals surface area contributed by atoms with Gasteiger partial charge in [-0.2, -0.15) is 0 Å². The first-order valence-corrected chi connectivity index (χ1v) is 7.14. The molecule has 17 heavy (non-hydrogen) atoms. The molecule has 1 aliphatic carbocycles. The molecule has 3 N–H and O–H groups in total. The topological polar surface area (TPSA) is 55.1 Å². The van der Waals surface area contributed by atoms with Crippen molar-refractivity contribution in [1.82, 2.24) is 5.32 Å². The maximum absolute atomic E-state index is 12.2. The van der Waals surface area contributed by atoms with Crippen molar-refractivity contribution in [1.29, 1.82) is 0 Å². The highest BCUT2D eigenvalue weighted by Crippen LogP contribution is 2.31. The average molecular weight is 252 g/mol. The van der Waals surface area contributed by atoms with Crippen LogP contribution in [-0.2, 0) is 4.79 Å². The van der Waals surface area contributed by atoms with Crippen LogP contribution in [0.25, 0.3) is 0 Å². The molecule has 1 aliphatic rings. The molecule has 0 saturated heterocycles. The van der Waals surface area contributed by atoms with Gasteiger partial charge in [-0.15, -0.1) is 11.3 Å². The minimum absolute atomic E-state index is 0.113. The van der Waals surface area contributed by atoms with Crippen molar-refractivity contribution in [2.75, 3.05) is 6.54 Å². The Labute approximate surface area is 106 Å². The summed E-state index contributed by atoms with van der Waals surface area (Å²) in [5.41, 5.74) is 5.71. The average Bonchev–Trinajstić information content (AvgIpc) is 2.99. The van der Waals surface area contributed by atoms with Gasteiger partial charge in [-0.05, 0) is 43.7 Å². The molecule has 1 amide bonds. The number of carbonyl (C=O) groups is 1. The van der Waals surface area contributed by atoms with Gasteiger partial charge >= 0.3 is 0 Å². The first-order valence-electron chi connectivity index (χ1n) is 6.26. The van der Waals surface area contributed by atoms with Crippen molar-refractivity contribution in [3.63, 3.8) is 0 Å². The van der Waals surface area contributed by atoms with Crippen molar-refractivity contribution in [3.8, 4) is 0 Å². The Hall–Kier alpha value is -0.870. The van der Waals surface area contributed by atoms with Crippen LogP contribution in [0.1, 0.15) is 37.1 Å². The Morgan fingerprint density at radius 3 is 3.12 bits per heavy atom. The third kappa shape index (κ3) is 2.87. The van der Waals surface area contributed by atoms with Crippen LogP contribution in [0.2, 0.25) is 0 Å². The first-order chi connectivity index (χ1) is 8.22. The van der Waals surface area contributed by atoms with E-state index in [4.69, 9.17) is 5.73 Å². The van der Waals surface area contributed by atoms with Gasteiger partial charge in [-0.25, -0.2) is 0 Å². The van der Waals surface area contributed by atoms with E-state index in [0.717, 1.165) is 19.3 Å². The van der Waals surface area contributed by atoms with Crippen molar-refractivity contribution < 1.29 is 4.79 Å². The number of nitrogens with two attached hydrogens (primary N) is 1. The van der Waals surface area contributed by atoms with Crippen LogP contribution in [-0.4, -0.2) is 12.5 Å². The summed E-state index contributed by atoms with van der Waals surface area (Å²) >= 11 is 1.68. The van der Waals surface area contributed by atoms with Crippen molar-refractivity contribution in [2.24, 2.45) is 17.6 Å². The van der Waals surface area contributed by atoms with Gasteiger partial charge < -0.3 is 11.1 Å². The fourth-order valence-electron chi connectivity index (χ4n) is 2.59. The molecule has 0 aliphatic heterocycles. The Balaban J connectivity index is 1.92. The minimum Gasteiger partial charge on any atom is -0.349 e. The number of rotatable bonds is 4. The van der Waals surface area contributed by atoms with Crippen LogP contribution in [0.4, 0.5) is 0 Å². The Morgan fingerprint density at radius 1 is 1.65 bits per heavy atom. The molecular weight excluding hydrogens is 232 g/mol. The van der Waals surface area contributed by atoms with Gasteiger partial charge in [-0.3, -0.25) is 4.79 Å². The van der Waals surface area contributed by atoms with Crippen LogP contribution in [0.3, 0.4) is 0 Å². The molecule has 1 fully saturated rings. The van der Waals surface area contributed by atoms with Crippen LogP contribution in [0.5, 0.6) is 0 Å². The van der Waals surface area contributed by atoms with Crippen molar-refractivity contribution >= 4 is 17.2 Å². The molecular formula is C13H20N2OS. The standard InChI is InChI=1S/C13H20N2OS/c1-9(12-6-3-7-17-12)15-13(16)11-5-2-4-10(11)8-14/h3,6-7,9-11H,2,4-5,8,14H2,1H3,(H,15,16). The number of hydrogen-bond acceptors (Lipinski definition) is 3. The molecule has 94 valence electrons. The lowest BCUT2D eigenvalue weighted by molar-refractivity contribution is -0.126. The molecule has 1 heterocycles. The van der Waals surface area contributed by atoms with Crippen LogP contribution < -0.4 is 11.1 Å². The van der Waals surface area contributed by atoms with E-state index in [1.807, 2.05) is 18.4 Å². The molecule has 1 saturated carbocycles. The summed E-state index contributed by atoms with van der Waals surface area (Å²) in [6.45, 7) is 2.67. The lowest BCUT2D eigenvalue weighted by Gasteiger charge is -2.20. The summed E-state index contributed by atoms with van der Waals surface area (Å²) in [6.07, 6.45) is 3.22. The zero-order valence-corrected chi connectivity index (χ0v) is 11.0. The van der Waals surface area contributed by atoms with E-state index in [0.29, 0.717) is 12.5 Å². The smallest absolute Gasteiger partial charge is 0.223 e. The highest BCUT2D eigenvalue weighted by Gasteiger charge is 2.32. The SMILES string of the molecule is CC(NC(=O)C1CCCC1CN)c1cccs1. The molecule has 1 aromatic heterocycles. The Morgan fingerprint density at radius 2 is 2.47 bits per heavy atom. The Kier molecular flexibility index (Phi) is 4.18. The van der Waals surface area contributed by atoms with Gasteiger partial charge in [0.05, 0.1) is 6.04 Å². The van der Waals surface area contributed by atoms with E-state index in [9.17, 15) is 4.79 Å². The minimum atomic E-state index is 0.113. The molecule has 0 aromatic carbocycles. The zero-order chi connectivity index (χ0) is 12.3. The second-order valence-corrected chi connectivity index (χ2v) is 5.76. The summed E-state index contributed by atoms with van der Waals surface area (Å²) in [7, 11) is 0. The summed E-state index contributed by atoms with van der Waals surface area (Å²) < 4.78 is 0. The van der Waals surface area contributed by atoms with Gasteiger partial charge in [0.15, 0.2) is 0 Å². The van der Waals surface area contributed by atoms with Gasteiger partial charge in [-0.1, -0.05) is 12.5 Å². The predicted molar refractivity (Wildman–Crippen MR) is 70.8 cm³/mol. The second kappa shape index (κ2) is 5.65. The van der Waals surface area contributed by atoms with Gasteiger partial charge in [0.2, 0.25) is 5.91 Å². The van der Waals surface area contributed by atoms with Crippen LogP contribution in [0, 0.1) is 11.8 Å². The lowest BCUT2D eigenvalue weighted by Crippen LogP contribution is -2.36. The molecule has 3 atom stereocenters. The predicted octanol–water partition coefficient (Wildman–Crippen LogP) is 2.30. The van der Waals surface area contributed by atoms with E-state index in [-0.39, 0.29) is 17.9 Å². The molecule has 0 bridgehead atoms. The summed E-state index contributed by atoms with van der Waals surface area (Å²) in [4.78, 5) is 13.4. The first kappa shape index (κ1) is 12.6. The quantitative estimate of drug-likeness (QED) is 0.864. The second-order valence-electron chi connectivity index (χ2n) is 4.78. The zero-order valence-electron chi connectivity index (χ0n) is 10.2. The molecule has 1 aromatic rings. The van der Waals surface area contributed by atoms with E-state index < -0.39 is 0 Å². The third-order valence-electron chi connectivity index (χ3n) is 3.63. The van der Waals surface area contributed by atoms with Crippen molar-refractivity contribution in [2.45, 2.75) is 32.2 Å². The van der Waals surface area contributed by atoms with Crippen molar-refractivity contribution in [3.05, 3.63) is 22.4 Å². The van der Waals surface area contributed by atoms with E-state index in [1.54, 1.807) is 11.3 Å². The normalized spacial score (nSPS) is 25.8. The number of thiophene rings is 1. The molecule has 0 radical (unpaired) electrons. The van der Waals surface area contributed by atoms with E-state index in [1.165, 1.54) is 4.88 Å². The lowest BCUT2D eigenvalue weighted by atomic mass is 9.95. The maximum Gasteiger partial charge on any atom is 0.223 e. The van der Waals surface area contributed by atoms with Crippen LogP contribution in [0.15, 0.2) is 17.5 Å². The van der Waals surface area contributed by atoms with E-state index >= 15 is 0 Å². The fraction of sp³-hybridized carbons (Fsp3) is 0.615. The summed E-state index contributed by atoms with van der Waals surface area (Å²) in [5, 5.41) is 5.14. The number of carbonyl (C=O) groups excluding carboxylic acids is 1. The fourth-order valence-corrected chi connectivity index (χ4v) is 3.33. The maximum atomic E-state index is 12.2. The largest absolute Gasteiger partial charge is 0.349 e. The molecule has 3 nitrogen and oxygen atoms in total. The number of amides is 1. The number of nitrogens with one attached hydrogen (secondary N) is 1. The van der Waals surface area contributed by atoms with Gasteiger partial charge in [0, 0.05) is 10.8 Å². The third-order valence-corrected chi connectivity index (χ3v) is 4.68. The highest BCUT2D eigenvalue weighted by atomic mass is 32.1. The van der Waals surface area contributed by atoms with Gasteiger partial charge in [0.1, 0.15) is 0 Å². The molecule has 3 unspecified atom stereocenters. The molecule has 0 spiro atoms. The van der Waals surface area contributed by atoms with Gasteiger partial charge in [0.25, 0.3) is 0 Å². The van der Waals surface area contributed by atoms with E-state index in [2.05, 4.69) is 11.4 Å². The highest BCUT2D eigenvalue weighted by molar-refractivity contribution is 7.10. The summed E-state index contributed by atoms with van der Waals surface area (Å²) in [5.74, 6) is 0.687. The molecule has 2 rings (SSSR count). The number of hydrogen-bond donors (Lipinski definition) is 2. The van der Waals surface area contributed by atoms with Crippen LogP contribution >= 0.6 is 11.3 Å².